The van der Waals surface area contributed by atoms with E-state index in [0.717, 1.165) is 34.6 Å². The molecule has 0 heterocycles. The average Bonchev–Trinajstić information content (AvgIpc) is 2.72. The third-order valence-corrected chi connectivity index (χ3v) is 11.4. The Balaban J connectivity index is 1.85. The van der Waals surface area contributed by atoms with Crippen molar-refractivity contribution in [2.45, 2.75) is 51.2 Å². The summed E-state index contributed by atoms with van der Waals surface area (Å²) in [7, 11) is 0. The quantitative estimate of drug-likeness (QED) is 0.168. The monoisotopic (exact) mass is 602 g/mol. The van der Waals surface area contributed by atoms with E-state index in [9.17, 15) is 19.2 Å². The van der Waals surface area contributed by atoms with E-state index in [2.05, 4.69) is 0 Å². The van der Waals surface area contributed by atoms with Crippen molar-refractivity contribution in [3.05, 3.63) is 47.5 Å². The summed E-state index contributed by atoms with van der Waals surface area (Å²) in [5.74, 6) is -0.950. The zero-order valence-electron chi connectivity index (χ0n) is 19.4. The molecule has 0 aliphatic heterocycles. The summed E-state index contributed by atoms with van der Waals surface area (Å²) in [5.41, 5.74) is 2.02. The molecular weight excluding hydrogens is 574 g/mol. The Morgan fingerprint density at radius 1 is 0.559 bits per heavy atom. The van der Waals surface area contributed by atoms with E-state index in [4.69, 9.17) is 18.9 Å². The molecule has 8 nitrogen and oxygen atoms in total. The maximum atomic E-state index is 11.3. The minimum atomic E-state index is -0.479. The van der Waals surface area contributed by atoms with Gasteiger partial charge in [-0.25, -0.2) is 0 Å². The first kappa shape index (κ1) is 27.6. The fraction of sp³-hybridized carbons (Fsp3) is 0.333. The van der Waals surface area contributed by atoms with Crippen molar-refractivity contribution >= 4 is 50.1 Å². The first-order chi connectivity index (χ1) is 16.1. The van der Waals surface area contributed by atoms with E-state index in [1.54, 1.807) is 24.3 Å². The minimum absolute atomic E-state index is 0.231. The van der Waals surface area contributed by atoms with Gasteiger partial charge >= 0.3 is 210 Å². The van der Waals surface area contributed by atoms with Crippen LogP contribution >= 0.6 is 0 Å². The van der Waals surface area contributed by atoms with Gasteiger partial charge in [0.05, 0.1) is 0 Å². The molecule has 34 heavy (non-hydrogen) atoms. The molecule has 0 amide bonds. The molecule has 0 aliphatic carbocycles. The number of aryl methyl sites for hydroxylation is 2. The molecule has 10 heteroatoms. The standard InChI is InChI=1S/C24H26O8Se2/c1-15(25)29-21-7-5-19(13-23(21)31-17(3)27)9-11-33-34-12-10-20-6-8-22(30-16(2)26)24(14-20)32-18(4)28/h5-8,13-14H,9-12H2,1-4H3. The molecule has 0 saturated carbocycles. The molecule has 0 aliphatic rings. The number of hydrogen-bond donors (Lipinski definition) is 0. The van der Waals surface area contributed by atoms with Gasteiger partial charge in [-0.1, -0.05) is 0 Å². The molecule has 2 aromatic carbocycles. The summed E-state index contributed by atoms with van der Waals surface area (Å²) >= 11 is 0.944. The van der Waals surface area contributed by atoms with Gasteiger partial charge in [-0.15, -0.1) is 0 Å². The van der Waals surface area contributed by atoms with Gasteiger partial charge in [-0.3, -0.25) is 0 Å². The zero-order chi connectivity index (χ0) is 25.1. The van der Waals surface area contributed by atoms with E-state index >= 15 is 0 Å². The predicted octanol–water partition coefficient (Wildman–Crippen LogP) is 3.33. The maximum absolute atomic E-state index is 11.3. The second-order valence-electron chi connectivity index (χ2n) is 7.08. The third-order valence-electron chi connectivity index (χ3n) is 4.06. The van der Waals surface area contributed by atoms with Gasteiger partial charge in [-0.05, 0) is 0 Å². The molecule has 0 spiro atoms. The topological polar surface area (TPSA) is 105 Å². The average molecular weight is 600 g/mol. The first-order valence-electron chi connectivity index (χ1n) is 10.4. The number of benzene rings is 2. The first-order valence-corrected chi connectivity index (χ1v) is 17.1. The van der Waals surface area contributed by atoms with Crippen LogP contribution in [0.4, 0.5) is 0 Å². The summed E-state index contributed by atoms with van der Waals surface area (Å²) in [6.07, 6.45) is 1.67. The summed E-state index contributed by atoms with van der Waals surface area (Å²) in [5, 5.41) is 2.06. The number of carbonyl (C=O) groups is 4. The van der Waals surface area contributed by atoms with Gasteiger partial charge < -0.3 is 0 Å². The SMILES string of the molecule is CC(=O)Oc1ccc(CC[Se][Se]CCc2ccc(OC(C)=O)c(OC(C)=O)c2)cc1OC(C)=O. The molecule has 2 rings (SSSR count). The second kappa shape index (κ2) is 13.9. The van der Waals surface area contributed by atoms with Crippen molar-refractivity contribution in [2.75, 3.05) is 0 Å². The van der Waals surface area contributed by atoms with Gasteiger partial charge in [0.15, 0.2) is 0 Å². The summed E-state index contributed by atoms with van der Waals surface area (Å²) < 4.78 is 20.5. The molecule has 0 aromatic heterocycles. The Labute approximate surface area is 209 Å². The Hall–Kier alpha value is -2.64. The Bertz CT molecular complexity index is 968. The van der Waals surface area contributed by atoms with E-state index < -0.39 is 23.9 Å². The molecule has 182 valence electrons. The van der Waals surface area contributed by atoms with Gasteiger partial charge in [0.25, 0.3) is 0 Å². The van der Waals surface area contributed by atoms with Crippen molar-refractivity contribution in [2.24, 2.45) is 0 Å². The van der Waals surface area contributed by atoms with Crippen LogP contribution in [0, 0.1) is 0 Å². The fourth-order valence-electron chi connectivity index (χ4n) is 2.80. The normalized spacial score (nSPS) is 10.4. The fourth-order valence-corrected chi connectivity index (χ4v) is 9.02. The molecule has 0 N–H and O–H groups in total. The molecule has 0 unspecified atom stereocenters. The Morgan fingerprint density at radius 3 is 1.21 bits per heavy atom. The number of rotatable bonds is 11. The van der Waals surface area contributed by atoms with Crippen molar-refractivity contribution in [1.29, 1.82) is 0 Å². The predicted molar refractivity (Wildman–Crippen MR) is 127 cm³/mol. The number of hydrogen-bond acceptors (Lipinski definition) is 8. The summed E-state index contributed by atoms with van der Waals surface area (Å²) in [6, 6.07) is 10.5. The van der Waals surface area contributed by atoms with Crippen LogP contribution in [-0.4, -0.2) is 50.1 Å². The van der Waals surface area contributed by atoms with Gasteiger partial charge in [-0.2, -0.15) is 0 Å². The molecule has 0 saturated heterocycles. The molecule has 2 aromatic rings. The second-order valence-corrected chi connectivity index (χ2v) is 14.9. The van der Waals surface area contributed by atoms with Crippen molar-refractivity contribution in [3.63, 3.8) is 0 Å². The Kier molecular flexibility index (Phi) is 11.3. The summed E-state index contributed by atoms with van der Waals surface area (Å²) in [6.45, 7) is 5.19. The van der Waals surface area contributed by atoms with Gasteiger partial charge in [0.2, 0.25) is 0 Å². The van der Waals surface area contributed by atoms with Crippen LogP contribution in [-0.2, 0) is 32.0 Å². The molecule has 0 atom stereocenters. The third kappa shape index (κ3) is 10.1. The van der Waals surface area contributed by atoms with Gasteiger partial charge in [0.1, 0.15) is 0 Å². The van der Waals surface area contributed by atoms with Crippen LogP contribution < -0.4 is 18.9 Å². The van der Waals surface area contributed by atoms with Crippen LogP contribution in [0.2, 0.25) is 10.6 Å². The van der Waals surface area contributed by atoms with Crippen LogP contribution in [0.1, 0.15) is 38.8 Å². The molecule has 0 fully saturated rings. The van der Waals surface area contributed by atoms with Crippen molar-refractivity contribution < 1.29 is 38.1 Å². The van der Waals surface area contributed by atoms with E-state index in [0.29, 0.717) is 26.3 Å². The van der Waals surface area contributed by atoms with Crippen LogP contribution in [0.15, 0.2) is 36.4 Å². The zero-order valence-corrected chi connectivity index (χ0v) is 22.8. The number of esters is 4. The summed E-state index contributed by atoms with van der Waals surface area (Å²) in [4.78, 5) is 45.2. The number of carbonyl (C=O) groups excluding carboxylic acids is 4. The van der Waals surface area contributed by atoms with Crippen molar-refractivity contribution in [1.82, 2.24) is 0 Å². The van der Waals surface area contributed by atoms with Crippen molar-refractivity contribution in [3.8, 4) is 23.0 Å². The van der Waals surface area contributed by atoms with Crippen LogP contribution in [0.5, 0.6) is 23.0 Å². The van der Waals surface area contributed by atoms with E-state index in [1.807, 2.05) is 12.1 Å². The molecule has 0 radical (unpaired) electrons. The van der Waals surface area contributed by atoms with E-state index in [1.165, 1.54) is 27.7 Å². The molecular formula is C24H26O8Se2. The Morgan fingerprint density at radius 2 is 0.882 bits per heavy atom. The molecule has 0 bridgehead atoms. The van der Waals surface area contributed by atoms with E-state index in [-0.39, 0.29) is 23.0 Å². The van der Waals surface area contributed by atoms with Crippen LogP contribution in [0.3, 0.4) is 0 Å². The number of ether oxygens (including phenoxy) is 4. The van der Waals surface area contributed by atoms with Gasteiger partial charge in [0, 0.05) is 0 Å². The van der Waals surface area contributed by atoms with Crippen LogP contribution in [0.25, 0.3) is 0 Å².